The van der Waals surface area contributed by atoms with Crippen LogP contribution in [0.2, 0.25) is 0 Å². The summed E-state index contributed by atoms with van der Waals surface area (Å²) >= 11 is 0. The molecule has 134 valence electrons. The molecular weight excluding hydrogens is 336 g/mol. The van der Waals surface area contributed by atoms with E-state index in [1.807, 2.05) is 19.1 Å². The van der Waals surface area contributed by atoms with Gasteiger partial charge in [-0.15, -0.1) is 0 Å². The number of aryl methyl sites for hydroxylation is 1. The third-order valence-electron chi connectivity index (χ3n) is 4.20. The highest BCUT2D eigenvalue weighted by Gasteiger charge is 2.15. The molecule has 0 spiro atoms. The molecule has 25 heavy (non-hydrogen) atoms. The highest BCUT2D eigenvalue weighted by molar-refractivity contribution is 7.92. The Balaban J connectivity index is 2.14. The van der Waals surface area contributed by atoms with E-state index in [1.165, 1.54) is 12.6 Å². The molecule has 5 nitrogen and oxygen atoms in total. The second kappa shape index (κ2) is 7.70. The number of carbonyl (C=O) groups is 1. The number of sulfonamides is 1. The largest absolute Gasteiger partial charge is 0.346 e. The van der Waals surface area contributed by atoms with E-state index in [1.54, 1.807) is 24.3 Å². The average Bonchev–Trinajstić information content (AvgIpc) is 2.60. The number of amides is 1. The number of hydrogen-bond donors (Lipinski definition) is 1. The van der Waals surface area contributed by atoms with Crippen molar-refractivity contribution in [3.05, 3.63) is 65.2 Å². The van der Waals surface area contributed by atoms with Gasteiger partial charge in [0.05, 0.1) is 18.0 Å². The Kier molecular flexibility index (Phi) is 5.85. The van der Waals surface area contributed by atoms with Crippen molar-refractivity contribution >= 4 is 21.6 Å². The van der Waals surface area contributed by atoms with Crippen LogP contribution in [0.5, 0.6) is 0 Å². The number of anilines is 1. The van der Waals surface area contributed by atoms with E-state index in [2.05, 4.69) is 24.4 Å². The van der Waals surface area contributed by atoms with Crippen molar-refractivity contribution in [2.45, 2.75) is 26.3 Å². The van der Waals surface area contributed by atoms with Crippen molar-refractivity contribution in [1.82, 2.24) is 5.32 Å². The van der Waals surface area contributed by atoms with E-state index in [4.69, 9.17) is 0 Å². The lowest BCUT2D eigenvalue weighted by atomic mass is 10.0. The van der Waals surface area contributed by atoms with Crippen LogP contribution in [0.3, 0.4) is 0 Å². The minimum atomic E-state index is -3.37. The Labute approximate surface area is 149 Å². The monoisotopic (exact) mass is 360 g/mol. The van der Waals surface area contributed by atoms with Crippen LogP contribution < -0.4 is 9.62 Å². The van der Waals surface area contributed by atoms with Crippen LogP contribution in [0.4, 0.5) is 5.69 Å². The van der Waals surface area contributed by atoms with Crippen molar-refractivity contribution in [2.75, 3.05) is 17.6 Å². The van der Waals surface area contributed by atoms with E-state index in [-0.39, 0.29) is 11.9 Å². The fourth-order valence-corrected chi connectivity index (χ4v) is 2.94. The fraction of sp³-hybridized carbons (Fsp3) is 0.316. The second-order valence-electron chi connectivity index (χ2n) is 6.07. The number of rotatable bonds is 6. The first-order chi connectivity index (χ1) is 11.7. The van der Waals surface area contributed by atoms with Gasteiger partial charge in [0.2, 0.25) is 10.0 Å². The van der Waals surface area contributed by atoms with E-state index in [0.29, 0.717) is 11.3 Å². The van der Waals surface area contributed by atoms with Gasteiger partial charge in [-0.05, 0) is 42.7 Å². The molecule has 0 aliphatic rings. The molecule has 0 bridgehead atoms. The van der Waals surface area contributed by atoms with Crippen LogP contribution in [0.25, 0.3) is 0 Å². The molecule has 2 rings (SSSR count). The van der Waals surface area contributed by atoms with E-state index >= 15 is 0 Å². The Bertz CT molecular complexity index is 845. The summed E-state index contributed by atoms with van der Waals surface area (Å²) in [5, 5.41) is 2.95. The van der Waals surface area contributed by atoms with Gasteiger partial charge in [-0.3, -0.25) is 9.10 Å². The lowest BCUT2D eigenvalue weighted by Gasteiger charge is -2.18. The fourth-order valence-electron chi connectivity index (χ4n) is 2.44. The molecule has 0 aliphatic heterocycles. The van der Waals surface area contributed by atoms with E-state index in [9.17, 15) is 13.2 Å². The maximum absolute atomic E-state index is 12.5. The minimum absolute atomic E-state index is 0.144. The summed E-state index contributed by atoms with van der Waals surface area (Å²) in [6, 6.07) is 14.6. The van der Waals surface area contributed by atoms with Gasteiger partial charge in [-0.25, -0.2) is 8.42 Å². The highest BCUT2D eigenvalue weighted by Crippen LogP contribution is 2.19. The molecule has 2 aromatic carbocycles. The molecule has 1 unspecified atom stereocenters. The maximum atomic E-state index is 12.5. The smallest absolute Gasteiger partial charge is 0.251 e. The first kappa shape index (κ1) is 19.0. The zero-order valence-corrected chi connectivity index (χ0v) is 15.8. The molecular formula is C19H24N2O3S. The summed E-state index contributed by atoms with van der Waals surface area (Å²) < 4.78 is 24.5. The van der Waals surface area contributed by atoms with Crippen molar-refractivity contribution in [1.29, 1.82) is 0 Å². The van der Waals surface area contributed by atoms with Gasteiger partial charge in [0.15, 0.2) is 0 Å². The predicted molar refractivity (Wildman–Crippen MR) is 101 cm³/mol. The predicted octanol–water partition coefficient (Wildman–Crippen LogP) is 3.14. The zero-order chi connectivity index (χ0) is 18.6. The normalized spacial score (nSPS) is 12.5. The molecule has 6 heteroatoms. The Hall–Kier alpha value is -2.34. The van der Waals surface area contributed by atoms with Gasteiger partial charge in [0.1, 0.15) is 0 Å². The summed E-state index contributed by atoms with van der Waals surface area (Å²) in [6.45, 7) is 4.02. The summed E-state index contributed by atoms with van der Waals surface area (Å²) in [5.41, 5.74) is 3.15. The van der Waals surface area contributed by atoms with Crippen LogP contribution >= 0.6 is 0 Å². The lowest BCUT2D eigenvalue weighted by molar-refractivity contribution is 0.0940. The highest BCUT2D eigenvalue weighted by atomic mass is 32.2. The van der Waals surface area contributed by atoms with Gasteiger partial charge < -0.3 is 5.32 Å². The topological polar surface area (TPSA) is 66.5 Å². The zero-order valence-electron chi connectivity index (χ0n) is 15.0. The van der Waals surface area contributed by atoms with Crippen LogP contribution in [-0.4, -0.2) is 27.6 Å². The molecule has 2 aromatic rings. The van der Waals surface area contributed by atoms with Crippen LogP contribution in [-0.2, 0) is 16.4 Å². The van der Waals surface area contributed by atoms with Crippen molar-refractivity contribution in [3.63, 3.8) is 0 Å². The summed E-state index contributed by atoms with van der Waals surface area (Å²) in [5.74, 6) is -0.240. The quantitative estimate of drug-likeness (QED) is 0.861. The standard InChI is InChI=1S/C19H24N2O3S/c1-5-15-9-11-16(12-10-15)14(2)20-19(22)17-7-6-8-18(13-17)21(3)25(4,23)24/h6-14H,5H2,1-4H3,(H,20,22). The molecule has 0 saturated carbocycles. The Morgan fingerprint density at radius 2 is 1.80 bits per heavy atom. The second-order valence-corrected chi connectivity index (χ2v) is 8.08. The SMILES string of the molecule is CCc1ccc(C(C)NC(=O)c2cccc(N(C)S(C)(=O)=O)c2)cc1. The van der Waals surface area contributed by atoms with Crippen molar-refractivity contribution in [2.24, 2.45) is 0 Å². The molecule has 0 aromatic heterocycles. The van der Waals surface area contributed by atoms with Crippen LogP contribution in [0, 0.1) is 0 Å². The lowest BCUT2D eigenvalue weighted by Crippen LogP contribution is -2.28. The van der Waals surface area contributed by atoms with Gasteiger partial charge in [0.25, 0.3) is 5.91 Å². The van der Waals surface area contributed by atoms with Crippen molar-refractivity contribution < 1.29 is 13.2 Å². The van der Waals surface area contributed by atoms with Crippen LogP contribution in [0.1, 0.15) is 41.4 Å². The molecule has 1 amide bonds. The summed E-state index contributed by atoms with van der Waals surface area (Å²) in [7, 11) is -1.91. The van der Waals surface area contributed by atoms with Gasteiger partial charge in [0, 0.05) is 12.6 Å². The summed E-state index contributed by atoms with van der Waals surface area (Å²) in [4.78, 5) is 12.5. The summed E-state index contributed by atoms with van der Waals surface area (Å²) in [6.07, 6.45) is 2.10. The molecule has 0 radical (unpaired) electrons. The maximum Gasteiger partial charge on any atom is 0.251 e. The number of nitrogens with one attached hydrogen (secondary N) is 1. The Morgan fingerprint density at radius 1 is 1.16 bits per heavy atom. The molecule has 0 aliphatic carbocycles. The number of hydrogen-bond acceptors (Lipinski definition) is 3. The Morgan fingerprint density at radius 3 is 2.36 bits per heavy atom. The molecule has 1 atom stereocenters. The molecule has 0 heterocycles. The molecule has 0 saturated heterocycles. The van der Waals surface area contributed by atoms with E-state index in [0.717, 1.165) is 22.5 Å². The number of nitrogens with zero attached hydrogens (tertiary/aromatic N) is 1. The number of benzene rings is 2. The number of carbonyl (C=O) groups excluding carboxylic acids is 1. The van der Waals surface area contributed by atoms with Gasteiger partial charge in [-0.2, -0.15) is 0 Å². The van der Waals surface area contributed by atoms with Crippen molar-refractivity contribution in [3.8, 4) is 0 Å². The van der Waals surface area contributed by atoms with Gasteiger partial charge in [-0.1, -0.05) is 37.3 Å². The van der Waals surface area contributed by atoms with Crippen LogP contribution in [0.15, 0.2) is 48.5 Å². The van der Waals surface area contributed by atoms with Gasteiger partial charge >= 0.3 is 0 Å². The molecule has 0 fully saturated rings. The van der Waals surface area contributed by atoms with E-state index < -0.39 is 10.0 Å². The third-order valence-corrected chi connectivity index (χ3v) is 5.41. The first-order valence-electron chi connectivity index (χ1n) is 8.16. The average molecular weight is 360 g/mol. The first-order valence-corrected chi connectivity index (χ1v) is 10.0. The minimum Gasteiger partial charge on any atom is -0.346 e. The molecule has 1 N–H and O–H groups in total. The third kappa shape index (κ3) is 4.82.